The van der Waals surface area contributed by atoms with E-state index < -0.39 is 6.85 Å². The molecule has 0 aromatic rings. The molecular formula is C20H31Cl2OP. The number of allylic oxidation sites excluding steroid dienone is 4. The van der Waals surface area contributed by atoms with Crippen molar-refractivity contribution in [3.8, 4) is 0 Å². The number of halogens is 2. The topological polar surface area (TPSA) is 9.23 Å². The lowest BCUT2D eigenvalue weighted by molar-refractivity contribution is -0.0667. The zero-order chi connectivity index (χ0) is 17.5. The average molecular weight is 389 g/mol. The molecule has 136 valence electrons. The van der Waals surface area contributed by atoms with Gasteiger partial charge in [0.1, 0.15) is 0 Å². The molecule has 0 aromatic carbocycles. The zero-order valence-electron chi connectivity index (χ0n) is 15.4. The second-order valence-electron chi connectivity index (χ2n) is 8.95. The van der Waals surface area contributed by atoms with Crippen molar-refractivity contribution in [2.24, 2.45) is 28.6 Å². The Bertz CT molecular complexity index is 542. The third kappa shape index (κ3) is 3.48. The van der Waals surface area contributed by atoms with Crippen LogP contribution in [0.5, 0.6) is 0 Å². The van der Waals surface area contributed by atoms with Gasteiger partial charge in [0.2, 0.25) is 6.85 Å². The lowest BCUT2D eigenvalue weighted by atomic mass is 9.47. The summed E-state index contributed by atoms with van der Waals surface area (Å²) in [5, 5.41) is 0. The highest BCUT2D eigenvalue weighted by molar-refractivity contribution is 8.00. The molecule has 0 heterocycles. The van der Waals surface area contributed by atoms with E-state index in [1.165, 1.54) is 38.5 Å². The van der Waals surface area contributed by atoms with Gasteiger partial charge in [0.05, 0.1) is 6.61 Å². The molecule has 3 aliphatic carbocycles. The third-order valence-electron chi connectivity index (χ3n) is 7.20. The predicted molar refractivity (Wildman–Crippen MR) is 106 cm³/mol. The average Bonchev–Trinajstić information content (AvgIpc) is 2.52. The molecule has 1 unspecified atom stereocenters. The van der Waals surface area contributed by atoms with Crippen molar-refractivity contribution >= 4 is 29.3 Å². The van der Waals surface area contributed by atoms with Gasteiger partial charge >= 0.3 is 0 Å². The molecule has 0 radical (unpaired) electrons. The Hall–Kier alpha value is 0.450. The van der Waals surface area contributed by atoms with Crippen LogP contribution in [0, 0.1) is 28.6 Å². The van der Waals surface area contributed by atoms with Crippen molar-refractivity contribution < 1.29 is 4.52 Å². The van der Waals surface area contributed by atoms with E-state index >= 15 is 0 Å². The summed E-state index contributed by atoms with van der Waals surface area (Å²) in [6.45, 7) is 8.99. The molecule has 3 rings (SSSR count). The van der Waals surface area contributed by atoms with Crippen molar-refractivity contribution in [1.82, 2.24) is 0 Å². The number of fused-ring (bicyclic) bond motifs is 3. The number of rotatable bonds is 4. The minimum absolute atomic E-state index is 0.196. The Morgan fingerprint density at radius 2 is 2.04 bits per heavy atom. The molecule has 0 N–H and O–H groups in total. The maximum absolute atomic E-state index is 5.91. The third-order valence-corrected chi connectivity index (χ3v) is 8.11. The van der Waals surface area contributed by atoms with Gasteiger partial charge in [-0.3, -0.25) is 0 Å². The van der Waals surface area contributed by atoms with Crippen LogP contribution in [0.1, 0.15) is 66.2 Å². The van der Waals surface area contributed by atoms with Crippen LogP contribution in [0.3, 0.4) is 0 Å². The van der Waals surface area contributed by atoms with Crippen molar-refractivity contribution in [3.63, 3.8) is 0 Å². The van der Waals surface area contributed by atoms with E-state index in [4.69, 9.17) is 27.0 Å². The van der Waals surface area contributed by atoms with E-state index in [2.05, 4.69) is 39.8 Å². The van der Waals surface area contributed by atoms with Gasteiger partial charge in [-0.25, -0.2) is 0 Å². The van der Waals surface area contributed by atoms with E-state index in [0.29, 0.717) is 29.8 Å². The van der Waals surface area contributed by atoms with Gasteiger partial charge in [-0.05, 0) is 88.7 Å². The number of hydrogen-bond acceptors (Lipinski definition) is 1. The van der Waals surface area contributed by atoms with Crippen molar-refractivity contribution in [3.05, 3.63) is 23.3 Å². The van der Waals surface area contributed by atoms with Gasteiger partial charge in [0.25, 0.3) is 0 Å². The Morgan fingerprint density at radius 3 is 2.71 bits per heavy atom. The lowest BCUT2D eigenvalue weighted by Crippen LogP contribution is -2.51. The van der Waals surface area contributed by atoms with Crippen molar-refractivity contribution in [2.75, 3.05) is 6.61 Å². The SMILES string of the molecule is CC(C)C1=CC2=CCC3[C@@](C)(COP(Cl)Cl)CCC[C@]3(C)[C@@H]2CC1. The van der Waals surface area contributed by atoms with E-state index in [9.17, 15) is 0 Å². The molecule has 0 aliphatic heterocycles. The molecular weight excluding hydrogens is 358 g/mol. The molecule has 0 aromatic heterocycles. The molecule has 24 heavy (non-hydrogen) atoms. The van der Waals surface area contributed by atoms with Crippen LogP contribution in [0.15, 0.2) is 23.3 Å². The van der Waals surface area contributed by atoms with Crippen molar-refractivity contribution in [1.29, 1.82) is 0 Å². The highest BCUT2D eigenvalue weighted by Gasteiger charge is 2.54. The first-order chi connectivity index (χ1) is 11.3. The fourth-order valence-electron chi connectivity index (χ4n) is 5.84. The second-order valence-corrected chi connectivity index (χ2v) is 12.0. The van der Waals surface area contributed by atoms with Gasteiger partial charge < -0.3 is 4.52 Å². The van der Waals surface area contributed by atoms with Crippen LogP contribution >= 0.6 is 29.3 Å². The molecule has 4 atom stereocenters. The van der Waals surface area contributed by atoms with E-state index in [-0.39, 0.29) is 5.41 Å². The van der Waals surface area contributed by atoms with Crippen LogP contribution in [-0.2, 0) is 4.52 Å². The standard InChI is InChI=1S/C20H31Cl2OP/c1-14(2)15-6-8-17-16(12-15)7-9-18-19(3,13-23-24(21)22)10-5-11-20(17,18)4/h7,12,14,17-18H,5-6,8-11,13H2,1-4H3/t17-,18?,19-,20-/m1/s1. The van der Waals surface area contributed by atoms with Gasteiger partial charge in [-0.2, -0.15) is 0 Å². The summed E-state index contributed by atoms with van der Waals surface area (Å²) < 4.78 is 5.73. The monoisotopic (exact) mass is 388 g/mol. The molecule has 1 saturated carbocycles. The smallest absolute Gasteiger partial charge is 0.225 e. The maximum atomic E-state index is 5.91. The Labute approximate surface area is 158 Å². The van der Waals surface area contributed by atoms with E-state index in [0.717, 1.165) is 0 Å². The molecule has 3 aliphatic rings. The van der Waals surface area contributed by atoms with Gasteiger partial charge in [0.15, 0.2) is 0 Å². The summed E-state index contributed by atoms with van der Waals surface area (Å²) in [5.74, 6) is 2.06. The molecule has 1 fully saturated rings. The summed E-state index contributed by atoms with van der Waals surface area (Å²) in [6, 6.07) is 0. The molecule has 0 bridgehead atoms. The highest BCUT2D eigenvalue weighted by atomic mass is 35.9. The first-order valence-electron chi connectivity index (χ1n) is 9.41. The first-order valence-corrected chi connectivity index (χ1v) is 12.5. The Balaban J connectivity index is 1.88. The lowest BCUT2D eigenvalue weighted by Gasteiger charge is -2.58. The van der Waals surface area contributed by atoms with Crippen LogP contribution in [-0.4, -0.2) is 6.61 Å². The quantitative estimate of drug-likeness (QED) is 0.445. The van der Waals surface area contributed by atoms with Gasteiger partial charge in [-0.1, -0.05) is 51.8 Å². The summed E-state index contributed by atoms with van der Waals surface area (Å²) in [6.07, 6.45) is 12.7. The van der Waals surface area contributed by atoms with E-state index in [1.807, 2.05) is 0 Å². The summed E-state index contributed by atoms with van der Waals surface area (Å²) in [5.41, 5.74) is 3.84. The Kier molecular flexibility index (Phi) is 5.78. The van der Waals surface area contributed by atoms with Crippen LogP contribution < -0.4 is 0 Å². The first kappa shape index (κ1) is 19.2. The van der Waals surface area contributed by atoms with Crippen LogP contribution in [0.2, 0.25) is 0 Å². The summed E-state index contributed by atoms with van der Waals surface area (Å²) in [7, 11) is 0. The predicted octanol–water partition coefficient (Wildman–Crippen LogP) is 7.84. The van der Waals surface area contributed by atoms with Crippen LogP contribution in [0.25, 0.3) is 0 Å². The molecule has 0 amide bonds. The van der Waals surface area contributed by atoms with E-state index in [1.54, 1.807) is 11.1 Å². The zero-order valence-corrected chi connectivity index (χ0v) is 17.9. The van der Waals surface area contributed by atoms with Gasteiger partial charge in [-0.15, -0.1) is 0 Å². The highest BCUT2D eigenvalue weighted by Crippen LogP contribution is 2.63. The van der Waals surface area contributed by atoms with Crippen LogP contribution in [0.4, 0.5) is 0 Å². The maximum Gasteiger partial charge on any atom is 0.225 e. The molecule has 0 saturated heterocycles. The molecule has 1 nitrogen and oxygen atoms in total. The van der Waals surface area contributed by atoms with Gasteiger partial charge in [0, 0.05) is 0 Å². The minimum Gasteiger partial charge on any atom is -0.331 e. The number of hydrogen-bond donors (Lipinski definition) is 0. The summed E-state index contributed by atoms with van der Waals surface area (Å²) in [4.78, 5) is 0. The molecule has 0 spiro atoms. The fraction of sp³-hybridized carbons (Fsp3) is 0.800. The largest absolute Gasteiger partial charge is 0.331 e. The second kappa shape index (κ2) is 7.22. The summed E-state index contributed by atoms with van der Waals surface area (Å²) >= 11 is 11.8. The minimum atomic E-state index is -1.31. The normalized spacial score (nSPS) is 39.3. The Morgan fingerprint density at radius 1 is 1.29 bits per heavy atom. The fourth-order valence-corrected chi connectivity index (χ4v) is 6.53. The van der Waals surface area contributed by atoms with Crippen molar-refractivity contribution in [2.45, 2.75) is 66.2 Å². The molecule has 4 heteroatoms.